The van der Waals surface area contributed by atoms with E-state index in [9.17, 15) is 13.2 Å². The molecule has 27 heavy (non-hydrogen) atoms. The molecule has 0 aliphatic carbocycles. The molecule has 2 aromatic rings. The lowest BCUT2D eigenvalue weighted by atomic mass is 10.2. The molecular formula is C19H21BrN2O4S. The molecule has 0 saturated carbocycles. The van der Waals surface area contributed by atoms with Crippen LogP contribution in [0.1, 0.15) is 5.56 Å². The van der Waals surface area contributed by atoms with E-state index >= 15 is 0 Å². The molecule has 1 amide bonds. The van der Waals surface area contributed by atoms with Crippen molar-refractivity contribution in [1.82, 2.24) is 4.31 Å². The Kier molecular flexibility index (Phi) is 7.18. The molecule has 1 N–H and O–H groups in total. The van der Waals surface area contributed by atoms with Crippen molar-refractivity contribution in [3.8, 4) is 5.75 Å². The van der Waals surface area contributed by atoms with E-state index < -0.39 is 15.9 Å². The summed E-state index contributed by atoms with van der Waals surface area (Å²) in [5.74, 6) is 0.114. The largest absolute Gasteiger partial charge is 0.497 e. The number of rotatable bonds is 8. The van der Waals surface area contributed by atoms with Crippen molar-refractivity contribution in [2.24, 2.45) is 0 Å². The van der Waals surface area contributed by atoms with Crippen molar-refractivity contribution >= 4 is 37.5 Å². The number of hydrogen-bond donors (Lipinski definition) is 1. The number of aryl methyl sites for hydroxylation is 1. The van der Waals surface area contributed by atoms with Gasteiger partial charge in [0.15, 0.2) is 0 Å². The SMILES string of the molecule is C=CCN(CC(=O)Nc1ccc(Br)c(C)c1)S(=O)(=O)c1ccc(OC)cc1. The van der Waals surface area contributed by atoms with Crippen molar-refractivity contribution in [3.05, 3.63) is 65.2 Å². The van der Waals surface area contributed by atoms with Crippen molar-refractivity contribution < 1.29 is 17.9 Å². The van der Waals surface area contributed by atoms with Crippen molar-refractivity contribution in [1.29, 1.82) is 0 Å². The summed E-state index contributed by atoms with van der Waals surface area (Å²) < 4.78 is 32.8. The van der Waals surface area contributed by atoms with Gasteiger partial charge in [-0.3, -0.25) is 4.79 Å². The van der Waals surface area contributed by atoms with Gasteiger partial charge in [-0.1, -0.05) is 22.0 Å². The van der Waals surface area contributed by atoms with Crippen LogP contribution >= 0.6 is 15.9 Å². The Morgan fingerprint density at radius 3 is 2.48 bits per heavy atom. The number of carbonyl (C=O) groups is 1. The van der Waals surface area contributed by atoms with Crippen LogP contribution in [0, 0.1) is 6.92 Å². The second-order valence-electron chi connectivity index (χ2n) is 5.77. The third-order valence-electron chi connectivity index (χ3n) is 3.79. The fraction of sp³-hybridized carbons (Fsp3) is 0.211. The quantitative estimate of drug-likeness (QED) is 0.620. The van der Waals surface area contributed by atoms with Crippen molar-refractivity contribution in [2.75, 3.05) is 25.5 Å². The molecule has 2 rings (SSSR count). The third-order valence-corrected chi connectivity index (χ3v) is 6.51. The first-order chi connectivity index (χ1) is 12.8. The van der Waals surface area contributed by atoms with Gasteiger partial charge >= 0.3 is 0 Å². The molecule has 0 bridgehead atoms. The summed E-state index contributed by atoms with van der Waals surface area (Å²) in [6.45, 7) is 5.18. The Labute approximate surface area is 168 Å². The highest BCUT2D eigenvalue weighted by molar-refractivity contribution is 9.10. The normalized spacial score (nSPS) is 11.3. The molecule has 0 aromatic heterocycles. The zero-order valence-corrected chi connectivity index (χ0v) is 17.5. The van der Waals surface area contributed by atoms with Gasteiger partial charge in [-0.05, 0) is 55.0 Å². The lowest BCUT2D eigenvalue weighted by Gasteiger charge is -2.20. The van der Waals surface area contributed by atoms with E-state index in [4.69, 9.17) is 4.74 Å². The molecule has 0 saturated heterocycles. The molecule has 0 spiro atoms. The zero-order valence-electron chi connectivity index (χ0n) is 15.1. The Morgan fingerprint density at radius 2 is 1.93 bits per heavy atom. The Bertz CT molecular complexity index is 927. The number of nitrogens with one attached hydrogen (secondary N) is 1. The number of anilines is 1. The van der Waals surface area contributed by atoms with Crippen molar-refractivity contribution in [3.63, 3.8) is 0 Å². The standard InChI is InChI=1S/C19H21BrN2O4S/c1-4-11-22(27(24,25)17-8-6-16(26-3)7-9-17)13-19(23)21-15-5-10-18(20)14(2)12-15/h4-10,12H,1,11,13H2,2-3H3,(H,21,23). The van der Waals surface area contributed by atoms with Crippen LogP contribution in [-0.2, 0) is 14.8 Å². The number of amides is 1. The predicted molar refractivity (Wildman–Crippen MR) is 109 cm³/mol. The fourth-order valence-corrected chi connectivity index (χ4v) is 3.99. The molecule has 0 aliphatic rings. The monoisotopic (exact) mass is 452 g/mol. The van der Waals surface area contributed by atoms with Gasteiger partial charge in [0.1, 0.15) is 5.75 Å². The first-order valence-corrected chi connectivity index (χ1v) is 10.3. The van der Waals surface area contributed by atoms with Gasteiger partial charge in [0, 0.05) is 16.7 Å². The molecule has 8 heteroatoms. The average Bonchev–Trinajstić information content (AvgIpc) is 2.64. The van der Waals surface area contributed by atoms with E-state index in [1.165, 1.54) is 25.3 Å². The van der Waals surface area contributed by atoms with Crippen LogP contribution in [0.5, 0.6) is 5.75 Å². The Morgan fingerprint density at radius 1 is 1.26 bits per heavy atom. The fourth-order valence-electron chi connectivity index (χ4n) is 2.37. The van der Waals surface area contributed by atoms with Crippen LogP contribution in [-0.4, -0.2) is 38.8 Å². The van der Waals surface area contributed by atoms with Crippen LogP contribution in [0.25, 0.3) is 0 Å². The maximum atomic E-state index is 12.9. The van der Waals surface area contributed by atoms with E-state index in [1.54, 1.807) is 24.3 Å². The van der Waals surface area contributed by atoms with Gasteiger partial charge in [0.2, 0.25) is 15.9 Å². The number of hydrogen-bond acceptors (Lipinski definition) is 4. The summed E-state index contributed by atoms with van der Waals surface area (Å²) >= 11 is 3.40. The summed E-state index contributed by atoms with van der Waals surface area (Å²) in [5, 5.41) is 2.72. The number of ether oxygens (including phenoxy) is 1. The summed E-state index contributed by atoms with van der Waals surface area (Å²) in [7, 11) is -2.35. The third kappa shape index (κ3) is 5.41. The highest BCUT2D eigenvalue weighted by atomic mass is 79.9. The van der Waals surface area contributed by atoms with Gasteiger partial charge in [-0.2, -0.15) is 4.31 Å². The zero-order chi connectivity index (χ0) is 20.0. The number of carbonyl (C=O) groups excluding carboxylic acids is 1. The summed E-state index contributed by atoms with van der Waals surface area (Å²) in [6.07, 6.45) is 1.44. The van der Waals surface area contributed by atoms with E-state index in [2.05, 4.69) is 27.8 Å². The Hall–Kier alpha value is -2.16. The first-order valence-electron chi connectivity index (χ1n) is 8.09. The molecular weight excluding hydrogens is 432 g/mol. The summed E-state index contributed by atoms with van der Waals surface area (Å²) in [5.41, 5.74) is 1.56. The predicted octanol–water partition coefficient (Wildman–Crippen LogP) is 3.58. The van der Waals surface area contributed by atoms with Crippen LogP contribution in [0.2, 0.25) is 0 Å². The van der Waals surface area contributed by atoms with Crippen LogP contribution in [0.3, 0.4) is 0 Å². The number of sulfonamides is 1. The molecule has 2 aromatic carbocycles. The molecule has 0 unspecified atom stereocenters. The smallest absolute Gasteiger partial charge is 0.243 e. The number of nitrogens with zero attached hydrogens (tertiary/aromatic N) is 1. The number of halogens is 1. The second-order valence-corrected chi connectivity index (χ2v) is 8.57. The maximum absolute atomic E-state index is 12.9. The van der Waals surface area contributed by atoms with Crippen LogP contribution in [0.15, 0.2) is 64.5 Å². The minimum atomic E-state index is -3.85. The maximum Gasteiger partial charge on any atom is 0.243 e. The molecule has 0 radical (unpaired) electrons. The second kappa shape index (κ2) is 9.16. The molecule has 144 valence electrons. The minimum Gasteiger partial charge on any atom is -0.497 e. The van der Waals surface area contributed by atoms with Gasteiger partial charge in [0.05, 0.1) is 18.6 Å². The van der Waals surface area contributed by atoms with E-state index in [1.807, 2.05) is 13.0 Å². The first kappa shape index (κ1) is 21.1. The summed E-state index contributed by atoms with van der Waals surface area (Å²) in [4.78, 5) is 12.5. The van der Waals surface area contributed by atoms with Gasteiger partial charge in [0.25, 0.3) is 0 Å². The van der Waals surface area contributed by atoms with Crippen molar-refractivity contribution in [2.45, 2.75) is 11.8 Å². The molecule has 6 nitrogen and oxygen atoms in total. The lowest BCUT2D eigenvalue weighted by Crippen LogP contribution is -2.38. The highest BCUT2D eigenvalue weighted by Gasteiger charge is 2.25. The topological polar surface area (TPSA) is 75.7 Å². The van der Waals surface area contributed by atoms with Crippen LogP contribution < -0.4 is 10.1 Å². The number of methoxy groups -OCH3 is 1. The van der Waals surface area contributed by atoms with Crippen LogP contribution in [0.4, 0.5) is 5.69 Å². The summed E-state index contributed by atoms with van der Waals surface area (Å²) in [6, 6.07) is 11.4. The minimum absolute atomic E-state index is 0.0150. The Balaban J connectivity index is 2.18. The molecule has 0 fully saturated rings. The van der Waals surface area contributed by atoms with E-state index in [-0.39, 0.29) is 18.0 Å². The lowest BCUT2D eigenvalue weighted by molar-refractivity contribution is -0.116. The molecule has 0 heterocycles. The van der Waals surface area contributed by atoms with E-state index in [0.717, 1.165) is 14.3 Å². The van der Waals surface area contributed by atoms with Gasteiger partial charge in [-0.25, -0.2) is 8.42 Å². The molecule has 0 atom stereocenters. The van der Waals surface area contributed by atoms with Gasteiger partial charge < -0.3 is 10.1 Å². The average molecular weight is 453 g/mol. The highest BCUT2D eigenvalue weighted by Crippen LogP contribution is 2.21. The number of benzene rings is 2. The van der Waals surface area contributed by atoms with E-state index in [0.29, 0.717) is 11.4 Å². The molecule has 0 aliphatic heterocycles. The van der Waals surface area contributed by atoms with Gasteiger partial charge in [-0.15, -0.1) is 6.58 Å².